The van der Waals surface area contributed by atoms with Crippen molar-refractivity contribution in [2.24, 2.45) is 11.7 Å². The van der Waals surface area contributed by atoms with Gasteiger partial charge in [0.25, 0.3) is 5.91 Å². The van der Waals surface area contributed by atoms with E-state index in [4.69, 9.17) is 5.73 Å². The van der Waals surface area contributed by atoms with Gasteiger partial charge in [0.15, 0.2) is 0 Å². The molecule has 1 aliphatic heterocycles. The zero-order valence-corrected chi connectivity index (χ0v) is 13.3. The minimum Gasteiger partial charge on any atom is -0.330 e. The number of nitrogens with zero attached hydrogens (tertiary/aromatic N) is 1. The highest BCUT2D eigenvalue weighted by Gasteiger charge is 2.43. The van der Waals surface area contributed by atoms with E-state index in [2.05, 4.69) is 12.2 Å². The Kier molecular flexibility index (Phi) is 6.33. The maximum Gasteiger partial charge on any atom is 0.252 e. The third kappa shape index (κ3) is 4.52. The Bertz CT molecular complexity index is 401. The number of nitrogens with one attached hydrogen (secondary N) is 1. The van der Waals surface area contributed by atoms with E-state index >= 15 is 0 Å². The number of hydrogen-bond donors (Lipinski definition) is 2. The summed E-state index contributed by atoms with van der Waals surface area (Å²) in [6.45, 7) is 6.01. The molecule has 0 aromatic rings. The molecule has 3 amide bonds. The van der Waals surface area contributed by atoms with E-state index < -0.39 is 17.4 Å². The number of nitrogens with two attached hydrogens (primary N) is 1. The first-order valence-corrected chi connectivity index (χ1v) is 7.67. The number of amides is 3. The topological polar surface area (TPSA) is 92.5 Å². The van der Waals surface area contributed by atoms with Crippen LogP contribution in [0.2, 0.25) is 0 Å². The largest absolute Gasteiger partial charge is 0.330 e. The van der Waals surface area contributed by atoms with E-state index in [0.29, 0.717) is 18.9 Å². The van der Waals surface area contributed by atoms with Crippen LogP contribution < -0.4 is 11.1 Å². The van der Waals surface area contributed by atoms with E-state index in [9.17, 15) is 14.4 Å². The van der Waals surface area contributed by atoms with Gasteiger partial charge < -0.3 is 10.6 Å². The van der Waals surface area contributed by atoms with Gasteiger partial charge in [-0.05, 0) is 39.2 Å². The van der Waals surface area contributed by atoms with Crippen LogP contribution in [0.1, 0.15) is 52.9 Å². The van der Waals surface area contributed by atoms with Gasteiger partial charge in [-0.2, -0.15) is 0 Å². The lowest BCUT2D eigenvalue weighted by Gasteiger charge is -2.40. The van der Waals surface area contributed by atoms with E-state index in [0.717, 1.165) is 25.7 Å². The normalized spacial score (nSPS) is 19.3. The minimum atomic E-state index is -0.973. The van der Waals surface area contributed by atoms with Crippen LogP contribution in [0.15, 0.2) is 0 Å². The van der Waals surface area contributed by atoms with Crippen LogP contribution in [0.5, 0.6) is 0 Å². The molecule has 0 aromatic carbocycles. The predicted octanol–water partition coefficient (Wildman–Crippen LogP) is 0.795. The van der Waals surface area contributed by atoms with Crippen molar-refractivity contribution in [3.8, 4) is 0 Å². The van der Waals surface area contributed by atoms with Crippen molar-refractivity contribution in [3.05, 3.63) is 0 Å². The monoisotopic (exact) mass is 297 g/mol. The lowest BCUT2D eigenvalue weighted by atomic mass is 9.93. The van der Waals surface area contributed by atoms with Gasteiger partial charge in [0.2, 0.25) is 11.8 Å². The smallest absolute Gasteiger partial charge is 0.252 e. The molecular formula is C15H27N3O3. The predicted molar refractivity (Wildman–Crippen MR) is 80.2 cm³/mol. The number of hydrogen-bond acceptors (Lipinski definition) is 4. The molecule has 1 unspecified atom stereocenters. The van der Waals surface area contributed by atoms with Crippen LogP contribution in [-0.2, 0) is 14.4 Å². The number of carbonyl (C=O) groups excluding carboxylic acids is 3. The summed E-state index contributed by atoms with van der Waals surface area (Å²) in [6.07, 6.45) is 4.13. The highest BCUT2D eigenvalue weighted by Crippen LogP contribution is 2.22. The molecule has 0 saturated carbocycles. The Morgan fingerprint density at radius 1 is 1.33 bits per heavy atom. The van der Waals surface area contributed by atoms with E-state index in [1.165, 1.54) is 4.90 Å². The average molecular weight is 297 g/mol. The molecule has 120 valence electrons. The van der Waals surface area contributed by atoms with Gasteiger partial charge in [0.05, 0.1) is 0 Å². The maximum atomic E-state index is 12.4. The third-order valence-electron chi connectivity index (χ3n) is 4.12. The molecule has 0 bridgehead atoms. The lowest BCUT2D eigenvalue weighted by molar-refractivity contribution is -0.155. The van der Waals surface area contributed by atoms with Gasteiger partial charge >= 0.3 is 0 Å². The van der Waals surface area contributed by atoms with Gasteiger partial charge in [-0.3, -0.25) is 19.7 Å². The molecule has 1 aliphatic rings. The van der Waals surface area contributed by atoms with Crippen molar-refractivity contribution < 1.29 is 14.4 Å². The Labute approximate surface area is 126 Å². The third-order valence-corrected chi connectivity index (χ3v) is 4.12. The summed E-state index contributed by atoms with van der Waals surface area (Å²) >= 11 is 0. The van der Waals surface area contributed by atoms with Crippen molar-refractivity contribution in [3.63, 3.8) is 0 Å². The molecule has 0 aromatic heterocycles. The van der Waals surface area contributed by atoms with Crippen LogP contribution in [0.4, 0.5) is 0 Å². The Balaban J connectivity index is 2.64. The van der Waals surface area contributed by atoms with Crippen molar-refractivity contribution in [1.82, 2.24) is 10.2 Å². The molecule has 0 radical (unpaired) electrons. The van der Waals surface area contributed by atoms with Crippen LogP contribution in [0.25, 0.3) is 0 Å². The first-order valence-electron chi connectivity index (χ1n) is 7.67. The minimum absolute atomic E-state index is 0.0487. The van der Waals surface area contributed by atoms with Gasteiger partial charge in [-0.1, -0.05) is 19.8 Å². The number of carbonyl (C=O) groups is 3. The molecule has 1 rings (SSSR count). The molecule has 1 saturated heterocycles. The molecule has 1 atom stereocenters. The summed E-state index contributed by atoms with van der Waals surface area (Å²) in [5.41, 5.74) is 4.62. The fourth-order valence-corrected chi connectivity index (χ4v) is 2.72. The van der Waals surface area contributed by atoms with Gasteiger partial charge in [-0.15, -0.1) is 0 Å². The molecule has 6 heteroatoms. The maximum absolute atomic E-state index is 12.4. The highest BCUT2D eigenvalue weighted by molar-refractivity contribution is 6.06. The summed E-state index contributed by atoms with van der Waals surface area (Å²) in [6, 6.07) is 0. The second-order valence-corrected chi connectivity index (χ2v) is 6.19. The molecule has 3 N–H and O–H groups in total. The molecule has 0 spiro atoms. The first kappa shape index (κ1) is 17.6. The van der Waals surface area contributed by atoms with Crippen LogP contribution >= 0.6 is 0 Å². The Morgan fingerprint density at radius 3 is 2.57 bits per heavy atom. The van der Waals surface area contributed by atoms with Crippen LogP contribution in [0.3, 0.4) is 0 Å². The SMILES string of the molecule is CCCC(CCN)CCC(=O)N1CC(=O)NC(=O)C1(C)C. The van der Waals surface area contributed by atoms with Crippen molar-refractivity contribution in [2.75, 3.05) is 13.1 Å². The quantitative estimate of drug-likeness (QED) is 0.680. The molecule has 1 fully saturated rings. The van der Waals surface area contributed by atoms with E-state index in [-0.39, 0.29) is 12.5 Å². The second-order valence-electron chi connectivity index (χ2n) is 6.19. The number of imide groups is 1. The van der Waals surface area contributed by atoms with E-state index in [1.807, 2.05) is 0 Å². The number of rotatable bonds is 7. The first-order chi connectivity index (χ1) is 9.82. The summed E-state index contributed by atoms with van der Waals surface area (Å²) in [7, 11) is 0. The van der Waals surface area contributed by atoms with Crippen molar-refractivity contribution in [2.45, 2.75) is 58.4 Å². The van der Waals surface area contributed by atoms with Crippen molar-refractivity contribution in [1.29, 1.82) is 0 Å². The fourth-order valence-electron chi connectivity index (χ4n) is 2.72. The lowest BCUT2D eigenvalue weighted by Crippen LogP contribution is -2.65. The zero-order chi connectivity index (χ0) is 16.0. The zero-order valence-electron chi connectivity index (χ0n) is 13.3. The highest BCUT2D eigenvalue weighted by atomic mass is 16.2. The summed E-state index contributed by atoms with van der Waals surface area (Å²) in [4.78, 5) is 37.1. The molecule has 6 nitrogen and oxygen atoms in total. The Hall–Kier alpha value is -1.43. The van der Waals surface area contributed by atoms with Gasteiger partial charge in [0.1, 0.15) is 12.1 Å². The number of piperazine rings is 1. The van der Waals surface area contributed by atoms with Gasteiger partial charge in [0, 0.05) is 6.42 Å². The molecular weight excluding hydrogens is 270 g/mol. The summed E-state index contributed by atoms with van der Waals surface area (Å²) < 4.78 is 0. The average Bonchev–Trinajstić information content (AvgIpc) is 2.40. The second kappa shape index (κ2) is 7.54. The molecule has 21 heavy (non-hydrogen) atoms. The summed E-state index contributed by atoms with van der Waals surface area (Å²) in [5, 5.41) is 2.27. The Morgan fingerprint density at radius 2 is 2.00 bits per heavy atom. The molecule has 1 heterocycles. The molecule has 0 aliphatic carbocycles. The van der Waals surface area contributed by atoms with Gasteiger partial charge in [-0.25, -0.2) is 0 Å². The standard InChI is InChI=1S/C15H27N3O3/c1-4-5-11(8-9-16)6-7-13(20)18-10-12(19)17-14(21)15(18,2)3/h11H,4-10,16H2,1-3H3,(H,17,19,21). The fraction of sp³-hybridized carbons (Fsp3) is 0.800. The van der Waals surface area contributed by atoms with Crippen molar-refractivity contribution >= 4 is 17.7 Å². The van der Waals surface area contributed by atoms with E-state index in [1.54, 1.807) is 13.8 Å². The van der Waals surface area contributed by atoms with Crippen LogP contribution in [0, 0.1) is 5.92 Å². The van der Waals surface area contributed by atoms with Crippen LogP contribution in [-0.4, -0.2) is 41.2 Å². The summed E-state index contributed by atoms with van der Waals surface area (Å²) in [5.74, 6) is -0.540.